The summed E-state index contributed by atoms with van der Waals surface area (Å²) in [7, 11) is 0. The second kappa shape index (κ2) is 6.27. The first-order chi connectivity index (χ1) is 9.36. The van der Waals surface area contributed by atoms with Gasteiger partial charge in [0.2, 0.25) is 0 Å². The molecule has 0 saturated carbocycles. The van der Waals surface area contributed by atoms with Crippen LogP contribution in [0.1, 0.15) is 10.4 Å². The molecule has 0 aliphatic heterocycles. The summed E-state index contributed by atoms with van der Waals surface area (Å²) in [4.78, 5) is 14.9. The highest BCUT2D eigenvalue weighted by atomic mass is 35.5. The average Bonchev–Trinajstić information content (AvgIpc) is 2.42. The summed E-state index contributed by atoms with van der Waals surface area (Å²) < 4.78 is 0. The maximum absolute atomic E-state index is 10.9. The van der Waals surface area contributed by atoms with Gasteiger partial charge in [-0.1, -0.05) is 69.6 Å². The third kappa shape index (κ3) is 2.87. The number of carbonyl (C=O) groups excluding carboxylic acids is 1. The van der Waals surface area contributed by atoms with Crippen molar-refractivity contribution >= 4 is 75.9 Å². The summed E-state index contributed by atoms with van der Waals surface area (Å²) in [5, 5.41) is 0.415. The SMILES string of the molecule is O=Cc1cc(Cl)nc(-c2c(Cl)c(Cl)c(Cl)c(Cl)c2Cl)c1. The topological polar surface area (TPSA) is 30.0 Å². The highest BCUT2D eigenvalue weighted by molar-refractivity contribution is 6.56. The molecule has 20 heavy (non-hydrogen) atoms. The van der Waals surface area contributed by atoms with Crippen molar-refractivity contribution in [2.75, 3.05) is 0 Å². The van der Waals surface area contributed by atoms with Gasteiger partial charge in [0.25, 0.3) is 0 Å². The van der Waals surface area contributed by atoms with Gasteiger partial charge in [-0.2, -0.15) is 0 Å². The molecule has 0 unspecified atom stereocenters. The quantitative estimate of drug-likeness (QED) is 0.254. The van der Waals surface area contributed by atoms with Crippen LogP contribution in [0.4, 0.5) is 0 Å². The van der Waals surface area contributed by atoms with Gasteiger partial charge in [-0.25, -0.2) is 4.98 Å². The van der Waals surface area contributed by atoms with Crippen LogP contribution in [0.2, 0.25) is 30.3 Å². The molecular formula is C12H3Cl6NO. The third-order valence-corrected chi connectivity index (χ3v) is 4.89. The van der Waals surface area contributed by atoms with Gasteiger partial charge < -0.3 is 0 Å². The molecule has 0 atom stereocenters. The fraction of sp³-hybridized carbons (Fsp3) is 0. The summed E-state index contributed by atoms with van der Waals surface area (Å²) in [6.07, 6.45) is 0.623. The Bertz CT molecular complexity index is 687. The Morgan fingerprint density at radius 1 is 0.800 bits per heavy atom. The van der Waals surface area contributed by atoms with E-state index in [9.17, 15) is 4.79 Å². The molecule has 104 valence electrons. The molecule has 0 radical (unpaired) electrons. The predicted molar refractivity (Wildman–Crippen MR) is 85.1 cm³/mol. The van der Waals surface area contributed by atoms with Crippen LogP contribution in [0, 0.1) is 0 Å². The molecule has 0 bridgehead atoms. The van der Waals surface area contributed by atoms with E-state index >= 15 is 0 Å². The highest BCUT2D eigenvalue weighted by Crippen LogP contribution is 2.47. The second-order valence-electron chi connectivity index (χ2n) is 3.67. The highest BCUT2D eigenvalue weighted by Gasteiger charge is 2.21. The van der Waals surface area contributed by atoms with E-state index in [4.69, 9.17) is 69.6 Å². The van der Waals surface area contributed by atoms with E-state index in [0.717, 1.165) is 0 Å². The molecule has 0 aliphatic carbocycles. The van der Waals surface area contributed by atoms with Gasteiger partial charge in [0.15, 0.2) is 0 Å². The smallest absolute Gasteiger partial charge is 0.150 e. The van der Waals surface area contributed by atoms with Crippen LogP contribution in [0.25, 0.3) is 11.3 Å². The Hall–Kier alpha value is -0.220. The first-order valence-electron chi connectivity index (χ1n) is 5.01. The number of rotatable bonds is 2. The molecule has 0 fully saturated rings. The molecule has 2 rings (SSSR count). The number of hydrogen-bond donors (Lipinski definition) is 0. The molecule has 0 spiro atoms. The summed E-state index contributed by atoms with van der Waals surface area (Å²) in [6.45, 7) is 0. The van der Waals surface area contributed by atoms with Gasteiger partial charge in [0.1, 0.15) is 11.4 Å². The fourth-order valence-electron chi connectivity index (χ4n) is 1.54. The maximum atomic E-state index is 10.9. The van der Waals surface area contributed by atoms with Crippen LogP contribution in [0.3, 0.4) is 0 Å². The average molecular weight is 390 g/mol. The molecule has 1 heterocycles. The summed E-state index contributed by atoms with van der Waals surface area (Å²) in [5.74, 6) is 0. The van der Waals surface area contributed by atoms with Crippen LogP contribution in [-0.2, 0) is 0 Å². The van der Waals surface area contributed by atoms with E-state index in [0.29, 0.717) is 11.8 Å². The Morgan fingerprint density at radius 3 is 1.80 bits per heavy atom. The van der Waals surface area contributed by atoms with E-state index in [1.165, 1.54) is 12.1 Å². The van der Waals surface area contributed by atoms with Crippen LogP contribution in [0.15, 0.2) is 12.1 Å². The van der Waals surface area contributed by atoms with Crippen LogP contribution < -0.4 is 0 Å². The van der Waals surface area contributed by atoms with E-state index in [1.807, 2.05) is 0 Å². The number of nitrogens with zero attached hydrogens (tertiary/aromatic N) is 1. The lowest BCUT2D eigenvalue weighted by Crippen LogP contribution is -1.92. The minimum Gasteiger partial charge on any atom is -0.298 e. The zero-order valence-electron chi connectivity index (χ0n) is 9.36. The van der Waals surface area contributed by atoms with E-state index in [-0.39, 0.29) is 41.5 Å². The van der Waals surface area contributed by atoms with Crippen molar-refractivity contribution in [2.24, 2.45) is 0 Å². The maximum Gasteiger partial charge on any atom is 0.150 e. The van der Waals surface area contributed by atoms with Gasteiger partial charge in [0.05, 0.1) is 30.8 Å². The Labute approximate surface area is 144 Å². The third-order valence-electron chi connectivity index (χ3n) is 2.42. The van der Waals surface area contributed by atoms with Gasteiger partial charge in [0, 0.05) is 11.1 Å². The Kier molecular flexibility index (Phi) is 5.06. The molecule has 2 nitrogen and oxygen atoms in total. The van der Waals surface area contributed by atoms with Gasteiger partial charge >= 0.3 is 0 Å². The molecule has 2 aromatic rings. The lowest BCUT2D eigenvalue weighted by molar-refractivity contribution is 0.112. The van der Waals surface area contributed by atoms with Gasteiger partial charge in [-0.15, -0.1) is 0 Å². The van der Waals surface area contributed by atoms with Crippen molar-refractivity contribution in [1.82, 2.24) is 4.98 Å². The number of pyridine rings is 1. The lowest BCUT2D eigenvalue weighted by atomic mass is 10.1. The van der Waals surface area contributed by atoms with Gasteiger partial charge in [-0.05, 0) is 12.1 Å². The van der Waals surface area contributed by atoms with Crippen molar-refractivity contribution in [2.45, 2.75) is 0 Å². The van der Waals surface area contributed by atoms with E-state index in [2.05, 4.69) is 4.98 Å². The zero-order valence-corrected chi connectivity index (χ0v) is 13.9. The van der Waals surface area contributed by atoms with E-state index < -0.39 is 0 Å². The Balaban J connectivity index is 2.83. The van der Waals surface area contributed by atoms with E-state index in [1.54, 1.807) is 0 Å². The first-order valence-corrected chi connectivity index (χ1v) is 7.28. The molecule has 0 saturated heterocycles. The largest absolute Gasteiger partial charge is 0.298 e. The van der Waals surface area contributed by atoms with Crippen molar-refractivity contribution < 1.29 is 4.79 Å². The number of halogens is 6. The van der Waals surface area contributed by atoms with Crippen molar-refractivity contribution in [3.8, 4) is 11.3 Å². The fourth-order valence-corrected chi connectivity index (χ4v) is 3.09. The van der Waals surface area contributed by atoms with Crippen molar-refractivity contribution in [3.05, 3.63) is 48.0 Å². The minimum atomic E-state index is 0.0460. The first kappa shape index (κ1) is 16.2. The zero-order chi connectivity index (χ0) is 15.0. The molecule has 0 N–H and O–H groups in total. The van der Waals surface area contributed by atoms with Crippen molar-refractivity contribution in [3.63, 3.8) is 0 Å². The number of aromatic nitrogens is 1. The minimum absolute atomic E-state index is 0.0460. The normalized spacial score (nSPS) is 10.7. The molecule has 0 aliphatic rings. The van der Waals surface area contributed by atoms with Crippen LogP contribution >= 0.6 is 69.6 Å². The molecule has 8 heteroatoms. The van der Waals surface area contributed by atoms with Crippen molar-refractivity contribution in [1.29, 1.82) is 0 Å². The molecular weight excluding hydrogens is 387 g/mol. The summed E-state index contributed by atoms with van der Waals surface area (Å²) in [6, 6.07) is 2.87. The molecule has 1 aromatic heterocycles. The predicted octanol–water partition coefficient (Wildman–Crippen LogP) is 6.48. The molecule has 1 aromatic carbocycles. The van der Waals surface area contributed by atoms with Gasteiger partial charge in [-0.3, -0.25) is 4.79 Å². The number of aldehydes is 1. The molecule has 0 amide bonds. The Morgan fingerprint density at radius 2 is 1.30 bits per heavy atom. The van der Waals surface area contributed by atoms with Crippen LogP contribution in [-0.4, -0.2) is 11.3 Å². The second-order valence-corrected chi connectivity index (χ2v) is 5.95. The van der Waals surface area contributed by atoms with Crippen LogP contribution in [0.5, 0.6) is 0 Å². The monoisotopic (exact) mass is 387 g/mol. The summed E-state index contributed by atoms with van der Waals surface area (Å²) >= 11 is 36.0. The lowest BCUT2D eigenvalue weighted by Gasteiger charge is -2.12. The standard InChI is InChI=1S/C12H3Cl6NO/c13-6-2-4(3-20)1-5(19-6)7-8(14)10(16)12(18)11(17)9(7)15/h1-3H. The number of carbonyl (C=O) groups is 1. The number of benzene rings is 1. The summed E-state index contributed by atoms with van der Waals surface area (Å²) in [5.41, 5.74) is 0.850. The number of hydrogen-bond acceptors (Lipinski definition) is 2.